The van der Waals surface area contributed by atoms with E-state index in [0.717, 1.165) is 27.8 Å². The lowest BCUT2D eigenvalue weighted by atomic mass is 9.93. The van der Waals surface area contributed by atoms with E-state index in [1.807, 2.05) is 65.8 Å². The van der Waals surface area contributed by atoms with Crippen LogP contribution in [0.4, 0.5) is 0 Å². The van der Waals surface area contributed by atoms with Gasteiger partial charge in [-0.05, 0) is 113 Å². The minimum atomic E-state index is -0.648. The van der Waals surface area contributed by atoms with Crippen molar-refractivity contribution in [2.24, 2.45) is 0 Å². The first-order valence-electron chi connectivity index (χ1n) is 10.2. The van der Waals surface area contributed by atoms with Crippen LogP contribution in [-0.4, -0.2) is 11.8 Å². The average Bonchev–Trinajstić information content (AvgIpc) is 2.62. The van der Waals surface area contributed by atoms with Crippen molar-refractivity contribution < 1.29 is 19.1 Å². The van der Waals surface area contributed by atoms with Gasteiger partial charge in [0.05, 0.1) is 0 Å². The molecule has 0 saturated carbocycles. The van der Waals surface area contributed by atoms with E-state index >= 15 is 0 Å². The summed E-state index contributed by atoms with van der Waals surface area (Å²) in [5.41, 5.74) is 5.24. The third-order valence-electron chi connectivity index (χ3n) is 5.19. The number of esters is 1. The number of Topliss-reactive ketones (excluding diaryl/α,β-unsaturated/α-hetero) is 1. The highest BCUT2D eigenvalue weighted by Crippen LogP contribution is 2.35. The number of hydrogen-bond acceptors (Lipinski definition) is 4. The van der Waals surface area contributed by atoms with Crippen molar-refractivity contribution in [2.45, 2.75) is 61.0 Å². The summed E-state index contributed by atoms with van der Waals surface area (Å²) < 4.78 is 11.8. The molecule has 2 aromatic rings. The molecule has 0 unspecified atom stereocenters. The highest BCUT2D eigenvalue weighted by atomic mass is 16.5. The summed E-state index contributed by atoms with van der Waals surface area (Å²) in [6.45, 7) is 22.3. The molecular weight excluding hydrogens is 388 g/mol. The van der Waals surface area contributed by atoms with Crippen LogP contribution in [0.3, 0.4) is 0 Å². The van der Waals surface area contributed by atoms with Gasteiger partial charge in [0.15, 0.2) is 5.78 Å². The maximum Gasteiger partial charge on any atom is 0.338 e. The fourth-order valence-corrected chi connectivity index (χ4v) is 3.55. The Hall–Kier alpha value is -3.14. The molecule has 2 rings (SSSR count). The molecule has 0 aliphatic heterocycles. The molecule has 0 heterocycles. The van der Waals surface area contributed by atoms with E-state index in [0.29, 0.717) is 28.2 Å². The lowest BCUT2D eigenvalue weighted by Crippen LogP contribution is -2.26. The van der Waals surface area contributed by atoms with E-state index in [9.17, 15) is 9.59 Å². The largest absolute Gasteiger partial charge is 0.483 e. The number of ether oxygens (including phenoxy) is 2. The fraction of sp³-hybridized carbons (Fsp3) is 0.333. The molecule has 0 atom stereocenters. The zero-order chi connectivity index (χ0) is 23.7. The van der Waals surface area contributed by atoms with Gasteiger partial charge in [-0.25, -0.2) is 4.79 Å². The van der Waals surface area contributed by atoms with E-state index in [1.165, 1.54) is 0 Å². The predicted molar refractivity (Wildman–Crippen MR) is 125 cm³/mol. The standard InChI is InChI=1S/C27H32O4/c1-15(2)24(28)23-17(5)13-22(14-18(23)6)31-27(9,10)21-11-19(7)25(20(8)12-21)30-26(29)16(3)4/h11-14H,1,3H2,2,4-10H3. The van der Waals surface area contributed by atoms with Gasteiger partial charge in [0.2, 0.25) is 0 Å². The smallest absolute Gasteiger partial charge is 0.338 e. The number of aryl methyl sites for hydroxylation is 4. The van der Waals surface area contributed by atoms with Crippen LogP contribution in [0.25, 0.3) is 0 Å². The van der Waals surface area contributed by atoms with E-state index in [4.69, 9.17) is 9.47 Å². The van der Waals surface area contributed by atoms with Crippen molar-refractivity contribution >= 4 is 11.8 Å². The molecule has 0 N–H and O–H groups in total. The van der Waals surface area contributed by atoms with Crippen molar-refractivity contribution in [2.75, 3.05) is 0 Å². The molecule has 4 nitrogen and oxygen atoms in total. The first-order valence-corrected chi connectivity index (χ1v) is 10.2. The molecule has 0 saturated heterocycles. The first kappa shape index (κ1) is 24.1. The minimum Gasteiger partial charge on any atom is -0.483 e. The molecule has 0 bridgehead atoms. The van der Waals surface area contributed by atoms with Crippen LogP contribution in [0.2, 0.25) is 0 Å². The van der Waals surface area contributed by atoms with Crippen LogP contribution in [0.1, 0.15) is 65.9 Å². The summed E-state index contributed by atoms with van der Waals surface area (Å²) in [5.74, 6) is 0.741. The number of hydrogen-bond donors (Lipinski definition) is 0. The van der Waals surface area contributed by atoms with Crippen molar-refractivity contribution in [3.63, 3.8) is 0 Å². The molecule has 0 aliphatic carbocycles. The molecule has 2 aromatic carbocycles. The molecular formula is C27H32O4. The summed E-state index contributed by atoms with van der Waals surface area (Å²) in [5, 5.41) is 0. The molecule has 31 heavy (non-hydrogen) atoms. The quantitative estimate of drug-likeness (QED) is 0.223. The van der Waals surface area contributed by atoms with Crippen molar-refractivity contribution in [3.8, 4) is 11.5 Å². The monoisotopic (exact) mass is 420 g/mol. The first-order chi connectivity index (χ1) is 14.2. The fourth-order valence-electron chi connectivity index (χ4n) is 3.55. The second-order valence-corrected chi connectivity index (χ2v) is 8.76. The molecule has 0 aliphatic rings. The molecule has 0 amide bonds. The highest BCUT2D eigenvalue weighted by molar-refractivity contribution is 6.09. The lowest BCUT2D eigenvalue weighted by Gasteiger charge is -2.29. The number of rotatable bonds is 7. The van der Waals surface area contributed by atoms with Crippen LogP contribution in [0, 0.1) is 27.7 Å². The number of carbonyl (C=O) groups is 2. The van der Waals surface area contributed by atoms with E-state index in [2.05, 4.69) is 13.2 Å². The van der Waals surface area contributed by atoms with Gasteiger partial charge in [0.1, 0.15) is 17.1 Å². The topological polar surface area (TPSA) is 52.6 Å². The molecule has 4 heteroatoms. The third-order valence-corrected chi connectivity index (χ3v) is 5.19. The third kappa shape index (κ3) is 5.32. The molecule has 0 aromatic heterocycles. The number of benzene rings is 2. The van der Waals surface area contributed by atoms with Crippen molar-refractivity contribution in [1.29, 1.82) is 0 Å². The van der Waals surface area contributed by atoms with Crippen LogP contribution in [0.5, 0.6) is 11.5 Å². The van der Waals surface area contributed by atoms with Crippen LogP contribution in [0.15, 0.2) is 48.6 Å². The Morgan fingerprint density at radius 2 is 1.29 bits per heavy atom. The average molecular weight is 421 g/mol. The zero-order valence-corrected chi connectivity index (χ0v) is 19.9. The summed E-state index contributed by atoms with van der Waals surface area (Å²) in [6.07, 6.45) is 0. The van der Waals surface area contributed by atoms with Gasteiger partial charge in [-0.1, -0.05) is 13.2 Å². The van der Waals surface area contributed by atoms with Crippen LogP contribution >= 0.6 is 0 Å². The normalized spacial score (nSPS) is 11.1. The number of carbonyl (C=O) groups excluding carboxylic acids is 2. The number of allylic oxidation sites excluding steroid dienone is 1. The lowest BCUT2D eigenvalue weighted by molar-refractivity contribution is -0.130. The summed E-state index contributed by atoms with van der Waals surface area (Å²) in [6, 6.07) is 7.70. The predicted octanol–water partition coefficient (Wildman–Crippen LogP) is 6.47. The van der Waals surface area contributed by atoms with Crippen molar-refractivity contribution in [3.05, 3.63) is 82.0 Å². The van der Waals surface area contributed by atoms with Gasteiger partial charge in [-0.15, -0.1) is 0 Å². The van der Waals surface area contributed by atoms with E-state index < -0.39 is 11.6 Å². The van der Waals surface area contributed by atoms with Gasteiger partial charge in [-0.3, -0.25) is 4.79 Å². The summed E-state index contributed by atoms with van der Waals surface area (Å²) in [7, 11) is 0. The Balaban J connectivity index is 2.38. The van der Waals surface area contributed by atoms with E-state index in [1.54, 1.807) is 13.8 Å². The Bertz CT molecular complexity index is 1040. The maximum atomic E-state index is 12.4. The van der Waals surface area contributed by atoms with Crippen molar-refractivity contribution in [1.82, 2.24) is 0 Å². The Morgan fingerprint density at radius 1 is 0.806 bits per heavy atom. The van der Waals surface area contributed by atoms with E-state index in [-0.39, 0.29) is 5.78 Å². The number of ketones is 1. The Kier molecular flexibility index (Phi) is 6.95. The maximum absolute atomic E-state index is 12.4. The molecule has 0 radical (unpaired) electrons. The Labute approximate surface area is 185 Å². The second kappa shape index (κ2) is 8.93. The van der Waals surface area contributed by atoms with Gasteiger partial charge in [0, 0.05) is 11.1 Å². The second-order valence-electron chi connectivity index (χ2n) is 8.76. The highest BCUT2D eigenvalue weighted by Gasteiger charge is 2.26. The summed E-state index contributed by atoms with van der Waals surface area (Å²) >= 11 is 0. The SMILES string of the molecule is C=C(C)C(=O)Oc1c(C)cc(C(C)(C)Oc2cc(C)c(C(=O)C(=C)C)c(C)c2)cc1C. The van der Waals surface area contributed by atoms with Gasteiger partial charge < -0.3 is 9.47 Å². The molecule has 0 fully saturated rings. The van der Waals surface area contributed by atoms with Gasteiger partial charge >= 0.3 is 5.97 Å². The van der Waals surface area contributed by atoms with Crippen LogP contribution in [-0.2, 0) is 10.4 Å². The molecule has 164 valence electrons. The minimum absolute atomic E-state index is 0.0491. The molecule has 0 spiro atoms. The van der Waals surface area contributed by atoms with Crippen LogP contribution < -0.4 is 9.47 Å². The Morgan fingerprint density at radius 3 is 1.71 bits per heavy atom. The summed E-state index contributed by atoms with van der Waals surface area (Å²) in [4.78, 5) is 24.4. The van der Waals surface area contributed by atoms with Gasteiger partial charge in [-0.2, -0.15) is 0 Å². The zero-order valence-electron chi connectivity index (χ0n) is 19.9. The van der Waals surface area contributed by atoms with Gasteiger partial charge in [0.25, 0.3) is 0 Å².